The van der Waals surface area contributed by atoms with E-state index < -0.39 is 0 Å². The Kier molecular flexibility index (Phi) is 4.34. The number of benzene rings is 1. The van der Waals surface area contributed by atoms with Crippen molar-refractivity contribution in [3.05, 3.63) is 42.1 Å². The zero-order chi connectivity index (χ0) is 17.1. The van der Waals surface area contributed by atoms with Crippen molar-refractivity contribution >= 4 is 17.5 Å². The number of hydrogen-bond acceptors (Lipinski definition) is 7. The zero-order valence-electron chi connectivity index (χ0n) is 14.1. The Morgan fingerprint density at radius 3 is 2.68 bits per heavy atom. The van der Waals surface area contributed by atoms with Gasteiger partial charge < -0.3 is 19.7 Å². The molecule has 0 unspecified atom stereocenters. The van der Waals surface area contributed by atoms with Gasteiger partial charge in [-0.25, -0.2) is 0 Å². The predicted octanol–water partition coefficient (Wildman–Crippen LogP) is 1.58. The van der Waals surface area contributed by atoms with Crippen LogP contribution in [0.5, 0.6) is 5.75 Å². The van der Waals surface area contributed by atoms with Crippen molar-refractivity contribution < 1.29 is 9.47 Å². The molecule has 25 heavy (non-hydrogen) atoms. The monoisotopic (exact) mass is 340 g/mol. The third kappa shape index (κ3) is 3.34. The first-order valence-corrected chi connectivity index (χ1v) is 8.25. The highest BCUT2D eigenvalue weighted by atomic mass is 16.5. The molecule has 8 nitrogen and oxygen atoms in total. The molecule has 4 rings (SSSR count). The van der Waals surface area contributed by atoms with Gasteiger partial charge in [-0.1, -0.05) is 12.1 Å². The molecule has 0 spiro atoms. The van der Waals surface area contributed by atoms with Crippen LogP contribution in [0.1, 0.15) is 5.56 Å². The Morgan fingerprint density at radius 2 is 1.92 bits per heavy atom. The Balaban J connectivity index is 1.57. The third-order valence-corrected chi connectivity index (χ3v) is 4.15. The second kappa shape index (κ2) is 6.94. The molecule has 3 aromatic rings. The van der Waals surface area contributed by atoms with E-state index >= 15 is 0 Å². The number of methoxy groups -OCH3 is 1. The minimum absolute atomic E-state index is 0.637. The lowest BCUT2D eigenvalue weighted by Crippen LogP contribution is -2.37. The number of nitrogens with one attached hydrogen (secondary N) is 1. The van der Waals surface area contributed by atoms with E-state index in [1.54, 1.807) is 17.8 Å². The van der Waals surface area contributed by atoms with Gasteiger partial charge in [-0.15, -0.1) is 0 Å². The molecule has 0 atom stereocenters. The van der Waals surface area contributed by atoms with Crippen molar-refractivity contribution in [3.8, 4) is 5.75 Å². The van der Waals surface area contributed by atoms with Crippen molar-refractivity contribution in [1.29, 1.82) is 0 Å². The number of morpholine rings is 1. The standard InChI is InChI=1S/C17H20N6O2/c1-24-14-4-2-13(3-5-14)12-18-16-21-17(22-8-10-25-11-9-22)20-15-6-7-19-23(15)16/h2-7H,8-12H2,1H3,(H,18,20,21). The summed E-state index contributed by atoms with van der Waals surface area (Å²) in [6, 6.07) is 9.82. The molecule has 2 aromatic heterocycles. The van der Waals surface area contributed by atoms with Crippen LogP contribution in [0.15, 0.2) is 36.5 Å². The SMILES string of the molecule is COc1ccc(CNc2nc(N3CCOCC3)nc3ccnn23)cc1. The van der Waals surface area contributed by atoms with Crippen molar-refractivity contribution in [2.24, 2.45) is 0 Å². The molecule has 1 aliphatic rings. The van der Waals surface area contributed by atoms with Crippen LogP contribution in [-0.2, 0) is 11.3 Å². The summed E-state index contributed by atoms with van der Waals surface area (Å²) >= 11 is 0. The molecule has 1 fully saturated rings. The Bertz CT molecular complexity index is 842. The normalized spacial score (nSPS) is 14.7. The first-order chi connectivity index (χ1) is 12.3. The predicted molar refractivity (Wildman–Crippen MR) is 94.1 cm³/mol. The van der Waals surface area contributed by atoms with E-state index in [9.17, 15) is 0 Å². The fraction of sp³-hybridized carbons (Fsp3) is 0.353. The van der Waals surface area contributed by atoms with Crippen LogP contribution in [0.4, 0.5) is 11.9 Å². The lowest BCUT2D eigenvalue weighted by Gasteiger charge is -2.27. The molecule has 0 bridgehead atoms. The minimum atomic E-state index is 0.637. The topological polar surface area (TPSA) is 76.8 Å². The molecule has 1 N–H and O–H groups in total. The number of rotatable bonds is 5. The van der Waals surface area contributed by atoms with Gasteiger partial charge in [-0.05, 0) is 17.7 Å². The number of aromatic nitrogens is 4. The van der Waals surface area contributed by atoms with Crippen LogP contribution in [0, 0.1) is 0 Å². The van der Waals surface area contributed by atoms with E-state index in [0.29, 0.717) is 31.7 Å². The van der Waals surface area contributed by atoms with Gasteiger partial charge in [0.25, 0.3) is 0 Å². The van der Waals surface area contributed by atoms with E-state index in [-0.39, 0.29) is 0 Å². The third-order valence-electron chi connectivity index (χ3n) is 4.15. The lowest BCUT2D eigenvalue weighted by molar-refractivity contribution is 0.122. The van der Waals surface area contributed by atoms with Gasteiger partial charge in [-0.2, -0.15) is 19.6 Å². The van der Waals surface area contributed by atoms with Crippen LogP contribution >= 0.6 is 0 Å². The van der Waals surface area contributed by atoms with E-state index in [1.807, 2.05) is 30.3 Å². The molecule has 8 heteroatoms. The quantitative estimate of drug-likeness (QED) is 0.755. The molecule has 0 radical (unpaired) electrons. The summed E-state index contributed by atoms with van der Waals surface area (Å²) in [7, 11) is 1.66. The van der Waals surface area contributed by atoms with Gasteiger partial charge >= 0.3 is 0 Å². The van der Waals surface area contributed by atoms with Crippen LogP contribution in [0.25, 0.3) is 5.65 Å². The van der Waals surface area contributed by atoms with Crippen LogP contribution < -0.4 is 15.0 Å². The van der Waals surface area contributed by atoms with Gasteiger partial charge in [0.1, 0.15) is 5.75 Å². The Hall–Kier alpha value is -2.87. The Labute approximate surface area is 145 Å². The van der Waals surface area contributed by atoms with E-state index in [1.165, 1.54) is 0 Å². The maximum absolute atomic E-state index is 5.41. The number of ether oxygens (including phenoxy) is 2. The van der Waals surface area contributed by atoms with Crippen LogP contribution in [0.3, 0.4) is 0 Å². The molecule has 0 saturated carbocycles. The maximum Gasteiger partial charge on any atom is 0.230 e. The number of fused-ring (bicyclic) bond motifs is 1. The van der Waals surface area contributed by atoms with Gasteiger partial charge in [0, 0.05) is 25.7 Å². The summed E-state index contributed by atoms with van der Waals surface area (Å²) in [6.45, 7) is 3.62. The molecule has 1 aliphatic heterocycles. The first-order valence-electron chi connectivity index (χ1n) is 8.25. The zero-order valence-corrected chi connectivity index (χ0v) is 14.1. The van der Waals surface area contributed by atoms with Gasteiger partial charge in [0.15, 0.2) is 5.65 Å². The molecule has 0 amide bonds. The molecule has 130 valence electrons. The molecule has 0 aliphatic carbocycles. The van der Waals surface area contributed by atoms with Gasteiger partial charge in [0.05, 0.1) is 26.5 Å². The average molecular weight is 340 g/mol. The molecular weight excluding hydrogens is 320 g/mol. The summed E-state index contributed by atoms with van der Waals surface area (Å²) in [6.07, 6.45) is 1.73. The van der Waals surface area contributed by atoms with Gasteiger partial charge in [-0.3, -0.25) is 0 Å². The summed E-state index contributed by atoms with van der Waals surface area (Å²) in [5.74, 6) is 2.22. The molecular formula is C17H20N6O2. The largest absolute Gasteiger partial charge is 0.497 e. The number of hydrogen-bond donors (Lipinski definition) is 1. The highest BCUT2D eigenvalue weighted by Gasteiger charge is 2.17. The number of nitrogens with zero attached hydrogens (tertiary/aromatic N) is 5. The Morgan fingerprint density at radius 1 is 1.12 bits per heavy atom. The summed E-state index contributed by atoms with van der Waals surface area (Å²) in [5, 5.41) is 7.67. The highest BCUT2D eigenvalue weighted by Crippen LogP contribution is 2.17. The van der Waals surface area contributed by atoms with E-state index in [4.69, 9.17) is 9.47 Å². The maximum atomic E-state index is 5.41. The second-order valence-electron chi connectivity index (χ2n) is 5.75. The summed E-state index contributed by atoms with van der Waals surface area (Å²) < 4.78 is 12.3. The van der Waals surface area contributed by atoms with E-state index in [0.717, 1.165) is 30.0 Å². The smallest absolute Gasteiger partial charge is 0.230 e. The first kappa shape index (κ1) is 15.6. The fourth-order valence-corrected chi connectivity index (χ4v) is 2.76. The van der Waals surface area contributed by atoms with Crippen molar-refractivity contribution in [1.82, 2.24) is 19.6 Å². The average Bonchev–Trinajstić information content (AvgIpc) is 3.16. The second-order valence-corrected chi connectivity index (χ2v) is 5.75. The van der Waals surface area contributed by atoms with Crippen molar-refractivity contribution in [3.63, 3.8) is 0 Å². The van der Waals surface area contributed by atoms with Crippen molar-refractivity contribution in [2.75, 3.05) is 43.6 Å². The van der Waals surface area contributed by atoms with Crippen LogP contribution in [0.2, 0.25) is 0 Å². The van der Waals surface area contributed by atoms with Crippen molar-refractivity contribution in [2.45, 2.75) is 6.54 Å². The molecule has 3 heterocycles. The van der Waals surface area contributed by atoms with Gasteiger partial charge in [0.2, 0.25) is 11.9 Å². The lowest BCUT2D eigenvalue weighted by atomic mass is 10.2. The molecule has 1 aromatic carbocycles. The minimum Gasteiger partial charge on any atom is -0.497 e. The fourth-order valence-electron chi connectivity index (χ4n) is 2.76. The summed E-state index contributed by atoms with van der Waals surface area (Å²) in [5.41, 5.74) is 1.90. The summed E-state index contributed by atoms with van der Waals surface area (Å²) in [4.78, 5) is 11.4. The highest BCUT2D eigenvalue weighted by molar-refractivity contribution is 5.50. The van der Waals surface area contributed by atoms with Crippen LogP contribution in [-0.4, -0.2) is 53.0 Å². The number of anilines is 2. The van der Waals surface area contributed by atoms with E-state index in [2.05, 4.69) is 25.3 Å². The molecule has 1 saturated heterocycles.